The zero-order valence-electron chi connectivity index (χ0n) is 16.2. The lowest BCUT2D eigenvalue weighted by atomic mass is 9.97. The number of likely N-dealkylation sites (N-methyl/N-ethyl adjacent to an activating group) is 1. The molecule has 4 rings (SSSR count). The van der Waals surface area contributed by atoms with E-state index < -0.39 is 0 Å². The molecule has 0 saturated carbocycles. The molecule has 3 heterocycles. The number of amides is 1. The van der Waals surface area contributed by atoms with Crippen LogP contribution in [0.4, 0.5) is 5.00 Å². The van der Waals surface area contributed by atoms with Crippen molar-refractivity contribution >= 4 is 22.2 Å². The second-order valence-electron chi connectivity index (χ2n) is 7.23. The summed E-state index contributed by atoms with van der Waals surface area (Å²) in [5, 5.41) is 3.98. The van der Waals surface area contributed by atoms with Crippen LogP contribution in [0.25, 0.3) is 0 Å². The first-order valence-electron chi connectivity index (χ1n) is 9.54. The van der Waals surface area contributed by atoms with Crippen molar-refractivity contribution in [1.82, 2.24) is 9.80 Å². The molecule has 1 fully saturated rings. The maximum absolute atomic E-state index is 12.6. The Hall–Kier alpha value is -2.41. The predicted octanol–water partition coefficient (Wildman–Crippen LogP) is 4.24. The van der Waals surface area contributed by atoms with Crippen molar-refractivity contribution in [1.29, 1.82) is 0 Å². The Bertz CT molecular complexity index is 913. The van der Waals surface area contributed by atoms with E-state index in [4.69, 9.17) is 4.42 Å². The molecule has 2 aromatic heterocycles. The summed E-state index contributed by atoms with van der Waals surface area (Å²) in [5.41, 5.74) is 2.40. The van der Waals surface area contributed by atoms with Crippen LogP contribution in [0.5, 0.6) is 0 Å². The highest BCUT2D eigenvalue weighted by atomic mass is 32.1. The fourth-order valence-electron chi connectivity index (χ4n) is 3.71. The molecule has 1 saturated heterocycles. The Labute approximate surface area is 169 Å². The number of anilines is 1. The Morgan fingerprint density at radius 3 is 2.54 bits per heavy atom. The molecule has 0 spiro atoms. The van der Waals surface area contributed by atoms with Crippen molar-refractivity contribution < 1.29 is 9.21 Å². The number of rotatable bonds is 5. The highest BCUT2D eigenvalue weighted by molar-refractivity contribution is 7.16. The van der Waals surface area contributed by atoms with E-state index in [1.54, 1.807) is 23.5 Å². The Morgan fingerprint density at radius 2 is 1.86 bits per heavy atom. The third-order valence-corrected chi connectivity index (χ3v) is 6.15. The van der Waals surface area contributed by atoms with Gasteiger partial charge in [-0.1, -0.05) is 30.3 Å². The number of aryl methyl sites for hydroxylation is 1. The fourth-order valence-corrected chi connectivity index (χ4v) is 4.65. The first-order chi connectivity index (χ1) is 13.6. The quantitative estimate of drug-likeness (QED) is 0.702. The van der Waals surface area contributed by atoms with E-state index in [1.807, 2.05) is 6.07 Å². The number of carbonyl (C=O) groups is 1. The maximum Gasteiger partial charge on any atom is 0.291 e. The SMILES string of the molecule is Cc1cc([C@H](c2ccccc2)N2CCN(C)CC2)c(NC(=O)c2ccco2)s1. The van der Waals surface area contributed by atoms with Gasteiger partial charge >= 0.3 is 0 Å². The highest BCUT2D eigenvalue weighted by Gasteiger charge is 2.29. The summed E-state index contributed by atoms with van der Waals surface area (Å²) >= 11 is 1.62. The zero-order chi connectivity index (χ0) is 19.5. The minimum absolute atomic E-state index is 0.117. The minimum Gasteiger partial charge on any atom is -0.459 e. The van der Waals surface area contributed by atoms with Gasteiger partial charge in [0.05, 0.1) is 12.3 Å². The van der Waals surface area contributed by atoms with E-state index in [1.165, 1.54) is 16.7 Å². The van der Waals surface area contributed by atoms with Crippen molar-refractivity contribution in [2.75, 3.05) is 38.5 Å². The number of benzene rings is 1. The minimum atomic E-state index is -0.210. The van der Waals surface area contributed by atoms with Crippen molar-refractivity contribution in [3.63, 3.8) is 0 Å². The van der Waals surface area contributed by atoms with Crippen molar-refractivity contribution in [2.24, 2.45) is 0 Å². The number of thiophene rings is 1. The Balaban J connectivity index is 1.69. The van der Waals surface area contributed by atoms with Crippen LogP contribution in [-0.2, 0) is 0 Å². The number of hydrogen-bond donors (Lipinski definition) is 1. The molecule has 1 N–H and O–H groups in total. The van der Waals surface area contributed by atoms with Gasteiger partial charge in [-0.05, 0) is 37.7 Å². The first kappa shape index (κ1) is 18.9. The lowest BCUT2D eigenvalue weighted by molar-refractivity contribution is 0.0996. The second kappa shape index (κ2) is 8.31. The van der Waals surface area contributed by atoms with Crippen molar-refractivity contribution in [2.45, 2.75) is 13.0 Å². The van der Waals surface area contributed by atoms with Gasteiger partial charge in [0, 0.05) is 36.6 Å². The summed E-state index contributed by atoms with van der Waals surface area (Å²) in [6, 6.07) is 16.3. The third kappa shape index (κ3) is 4.04. The van der Waals surface area contributed by atoms with Crippen LogP contribution in [0.2, 0.25) is 0 Å². The van der Waals surface area contributed by atoms with Crippen molar-refractivity contribution in [3.8, 4) is 0 Å². The van der Waals surface area contributed by atoms with E-state index in [2.05, 4.69) is 59.4 Å². The predicted molar refractivity (Wildman–Crippen MR) is 113 cm³/mol. The molecule has 3 aromatic rings. The summed E-state index contributed by atoms with van der Waals surface area (Å²) in [7, 11) is 2.17. The van der Waals surface area contributed by atoms with Gasteiger partial charge in [-0.25, -0.2) is 0 Å². The Morgan fingerprint density at radius 1 is 1.11 bits per heavy atom. The normalized spacial score (nSPS) is 16.8. The molecular formula is C22H25N3O2S. The van der Waals surface area contributed by atoms with Gasteiger partial charge in [-0.15, -0.1) is 11.3 Å². The maximum atomic E-state index is 12.6. The largest absolute Gasteiger partial charge is 0.459 e. The summed E-state index contributed by atoms with van der Waals surface area (Å²) in [4.78, 5) is 18.6. The molecular weight excluding hydrogens is 370 g/mol. The number of furan rings is 1. The molecule has 1 aliphatic rings. The van der Waals surface area contributed by atoms with E-state index in [9.17, 15) is 4.79 Å². The van der Waals surface area contributed by atoms with Gasteiger partial charge < -0.3 is 14.6 Å². The molecule has 6 heteroatoms. The number of nitrogens with one attached hydrogen (secondary N) is 1. The van der Waals surface area contributed by atoms with Gasteiger partial charge in [-0.2, -0.15) is 0 Å². The average Bonchev–Trinajstić information content (AvgIpc) is 3.35. The monoisotopic (exact) mass is 395 g/mol. The van der Waals surface area contributed by atoms with Gasteiger partial charge in [0.25, 0.3) is 5.91 Å². The standard InChI is InChI=1S/C22H25N3O2S/c1-16-15-18(22(28-16)23-21(26)19-9-6-14-27-19)20(17-7-4-3-5-8-17)25-12-10-24(2)11-13-25/h3-9,14-15,20H,10-13H2,1-2H3,(H,23,26)/t20-/m0/s1. The molecule has 28 heavy (non-hydrogen) atoms. The third-order valence-electron chi connectivity index (χ3n) is 5.17. The molecule has 1 aliphatic heterocycles. The summed E-state index contributed by atoms with van der Waals surface area (Å²) in [6.07, 6.45) is 1.52. The van der Waals surface area contributed by atoms with Crippen LogP contribution in [0.15, 0.2) is 59.2 Å². The summed E-state index contributed by atoms with van der Waals surface area (Å²) in [5.74, 6) is 0.117. The molecule has 0 aliphatic carbocycles. The molecule has 0 radical (unpaired) electrons. The second-order valence-corrected chi connectivity index (χ2v) is 8.48. The van der Waals surface area contributed by atoms with E-state index >= 15 is 0 Å². The lowest BCUT2D eigenvalue weighted by Gasteiger charge is -2.38. The van der Waals surface area contributed by atoms with Gasteiger partial charge in [0.1, 0.15) is 5.00 Å². The number of hydrogen-bond acceptors (Lipinski definition) is 5. The van der Waals surface area contributed by atoms with Crippen LogP contribution < -0.4 is 5.32 Å². The highest BCUT2D eigenvalue weighted by Crippen LogP contribution is 2.39. The summed E-state index contributed by atoms with van der Waals surface area (Å²) < 4.78 is 5.26. The van der Waals surface area contributed by atoms with Gasteiger partial charge in [0.15, 0.2) is 5.76 Å². The van der Waals surface area contributed by atoms with E-state index in [0.29, 0.717) is 5.76 Å². The topological polar surface area (TPSA) is 48.7 Å². The van der Waals surface area contributed by atoms with E-state index in [0.717, 1.165) is 36.7 Å². The molecule has 146 valence electrons. The Kier molecular flexibility index (Phi) is 5.62. The van der Waals surface area contributed by atoms with Crippen LogP contribution >= 0.6 is 11.3 Å². The molecule has 1 aromatic carbocycles. The van der Waals surface area contributed by atoms with Crippen LogP contribution in [-0.4, -0.2) is 48.9 Å². The zero-order valence-corrected chi connectivity index (χ0v) is 17.0. The van der Waals surface area contributed by atoms with Crippen LogP contribution in [0, 0.1) is 6.92 Å². The van der Waals surface area contributed by atoms with Crippen LogP contribution in [0.1, 0.15) is 32.6 Å². The molecule has 1 amide bonds. The van der Waals surface area contributed by atoms with Gasteiger partial charge in [0.2, 0.25) is 0 Å². The van der Waals surface area contributed by atoms with Crippen molar-refractivity contribution in [3.05, 3.63) is 76.6 Å². The smallest absolute Gasteiger partial charge is 0.291 e. The average molecular weight is 396 g/mol. The molecule has 0 unspecified atom stereocenters. The number of nitrogens with zero attached hydrogens (tertiary/aromatic N) is 2. The molecule has 1 atom stereocenters. The number of piperazine rings is 1. The fraction of sp³-hybridized carbons (Fsp3) is 0.318. The van der Waals surface area contributed by atoms with Gasteiger partial charge in [-0.3, -0.25) is 9.69 Å². The molecule has 0 bridgehead atoms. The van der Waals surface area contributed by atoms with E-state index in [-0.39, 0.29) is 11.9 Å². The lowest BCUT2D eigenvalue weighted by Crippen LogP contribution is -2.46. The first-order valence-corrected chi connectivity index (χ1v) is 10.4. The summed E-state index contributed by atoms with van der Waals surface area (Å²) in [6.45, 7) is 6.16. The molecule has 5 nitrogen and oxygen atoms in total. The van der Waals surface area contributed by atoms with Crippen LogP contribution in [0.3, 0.4) is 0 Å². The number of carbonyl (C=O) groups excluding carboxylic acids is 1.